The number of nitrogens with one attached hydrogen (secondary N) is 1. The van der Waals surface area contributed by atoms with Crippen LogP contribution >= 0.6 is 0 Å². The average Bonchev–Trinajstić information content (AvgIpc) is 3.22. The summed E-state index contributed by atoms with van der Waals surface area (Å²) < 4.78 is 7.15. The second kappa shape index (κ2) is 8.21. The largest absolute Gasteiger partial charge is 0.490 e. The molecule has 1 aromatic heterocycles. The topological polar surface area (TPSA) is 86.1 Å². The van der Waals surface area contributed by atoms with Gasteiger partial charge in [-0.1, -0.05) is 17.3 Å². The summed E-state index contributed by atoms with van der Waals surface area (Å²) in [4.78, 5) is 24.6. The van der Waals surface area contributed by atoms with Crippen molar-refractivity contribution in [2.75, 3.05) is 5.32 Å². The van der Waals surface area contributed by atoms with Gasteiger partial charge in [-0.3, -0.25) is 9.59 Å². The second-order valence-corrected chi connectivity index (χ2v) is 6.98. The fourth-order valence-corrected chi connectivity index (χ4v) is 3.42. The fraction of sp³-hybridized carbons (Fsp3) is 0.333. The first-order valence-corrected chi connectivity index (χ1v) is 9.58. The monoisotopic (exact) mass is 378 g/mol. The molecule has 0 bridgehead atoms. The second-order valence-electron chi connectivity index (χ2n) is 6.98. The molecule has 0 unspecified atom stereocenters. The van der Waals surface area contributed by atoms with Gasteiger partial charge in [0.1, 0.15) is 11.3 Å². The van der Waals surface area contributed by atoms with Crippen molar-refractivity contribution in [1.82, 2.24) is 15.0 Å². The Kier molecular flexibility index (Phi) is 5.32. The molecule has 1 saturated carbocycles. The molecule has 2 aromatic carbocycles. The summed E-state index contributed by atoms with van der Waals surface area (Å²) in [6, 6.07) is 14.4. The third-order valence-corrected chi connectivity index (χ3v) is 4.92. The Morgan fingerprint density at radius 2 is 1.86 bits per heavy atom. The average molecular weight is 378 g/mol. The zero-order valence-corrected chi connectivity index (χ0v) is 15.5. The van der Waals surface area contributed by atoms with E-state index in [4.69, 9.17) is 4.74 Å². The zero-order chi connectivity index (χ0) is 19.3. The lowest BCUT2D eigenvalue weighted by Crippen LogP contribution is -2.26. The van der Waals surface area contributed by atoms with E-state index in [2.05, 4.69) is 15.6 Å². The first kappa shape index (κ1) is 18.2. The van der Waals surface area contributed by atoms with Crippen LogP contribution in [0.3, 0.4) is 0 Å². The number of carbonyl (C=O) groups excluding carboxylic acids is 1. The van der Waals surface area contributed by atoms with Crippen molar-refractivity contribution in [2.24, 2.45) is 0 Å². The Balaban J connectivity index is 1.33. The van der Waals surface area contributed by atoms with Crippen LogP contribution in [0.15, 0.2) is 53.3 Å². The van der Waals surface area contributed by atoms with E-state index in [-0.39, 0.29) is 24.4 Å². The Morgan fingerprint density at radius 3 is 2.64 bits per heavy atom. The summed E-state index contributed by atoms with van der Waals surface area (Å²) in [6.45, 7) is 0.172. The molecule has 1 aliphatic carbocycles. The van der Waals surface area contributed by atoms with Crippen molar-refractivity contribution in [3.63, 3.8) is 0 Å². The van der Waals surface area contributed by atoms with E-state index in [0.29, 0.717) is 22.7 Å². The van der Waals surface area contributed by atoms with Crippen LogP contribution in [0.1, 0.15) is 32.1 Å². The molecule has 0 atom stereocenters. The first-order chi connectivity index (χ1) is 13.7. The summed E-state index contributed by atoms with van der Waals surface area (Å²) in [5.41, 5.74) is 1.00. The molecule has 144 valence electrons. The molecule has 0 aliphatic heterocycles. The smallest absolute Gasteiger partial charge is 0.277 e. The van der Waals surface area contributed by atoms with Crippen LogP contribution < -0.4 is 15.6 Å². The summed E-state index contributed by atoms with van der Waals surface area (Å²) in [5.74, 6) is 0.634. The molecular weight excluding hydrogens is 356 g/mol. The van der Waals surface area contributed by atoms with Crippen molar-refractivity contribution in [1.29, 1.82) is 0 Å². The molecule has 28 heavy (non-hydrogen) atoms. The van der Waals surface area contributed by atoms with E-state index in [1.807, 2.05) is 24.3 Å². The molecule has 0 radical (unpaired) electrons. The van der Waals surface area contributed by atoms with Crippen molar-refractivity contribution in [3.8, 4) is 5.75 Å². The van der Waals surface area contributed by atoms with Gasteiger partial charge in [0, 0.05) is 12.1 Å². The first-order valence-electron chi connectivity index (χ1n) is 9.58. The number of aromatic nitrogens is 3. The van der Waals surface area contributed by atoms with E-state index in [9.17, 15) is 9.59 Å². The number of hydrogen-bond donors (Lipinski definition) is 1. The number of aryl methyl sites for hydroxylation is 1. The fourth-order valence-electron chi connectivity index (χ4n) is 3.42. The zero-order valence-electron chi connectivity index (χ0n) is 15.5. The predicted octanol–water partition coefficient (Wildman–Crippen LogP) is 3.14. The van der Waals surface area contributed by atoms with Crippen LogP contribution in [0, 0.1) is 0 Å². The number of anilines is 1. The van der Waals surface area contributed by atoms with Crippen molar-refractivity contribution in [2.45, 2.75) is 44.8 Å². The minimum absolute atomic E-state index is 0.132. The number of amides is 1. The Bertz CT molecular complexity index is 1020. The maximum absolute atomic E-state index is 12.4. The Labute approximate surface area is 162 Å². The van der Waals surface area contributed by atoms with E-state index >= 15 is 0 Å². The van der Waals surface area contributed by atoms with Gasteiger partial charge in [0.25, 0.3) is 5.56 Å². The molecule has 1 fully saturated rings. The summed E-state index contributed by atoms with van der Waals surface area (Å²) in [6.07, 6.45) is 5.10. The number of benzene rings is 2. The van der Waals surface area contributed by atoms with E-state index in [1.165, 1.54) is 17.5 Å². The van der Waals surface area contributed by atoms with Gasteiger partial charge >= 0.3 is 0 Å². The van der Waals surface area contributed by atoms with Crippen molar-refractivity contribution >= 4 is 22.5 Å². The molecule has 0 spiro atoms. The number of carbonyl (C=O) groups is 1. The molecule has 1 heterocycles. The highest BCUT2D eigenvalue weighted by atomic mass is 16.5. The van der Waals surface area contributed by atoms with E-state index in [1.54, 1.807) is 24.3 Å². The van der Waals surface area contributed by atoms with Gasteiger partial charge in [0.15, 0.2) is 0 Å². The summed E-state index contributed by atoms with van der Waals surface area (Å²) in [7, 11) is 0. The van der Waals surface area contributed by atoms with Crippen LogP contribution in [0.25, 0.3) is 10.9 Å². The van der Waals surface area contributed by atoms with Crippen LogP contribution in [-0.4, -0.2) is 27.0 Å². The summed E-state index contributed by atoms with van der Waals surface area (Å²) in [5, 5.41) is 11.3. The summed E-state index contributed by atoms with van der Waals surface area (Å²) >= 11 is 0. The highest BCUT2D eigenvalue weighted by molar-refractivity contribution is 5.90. The molecule has 3 aromatic rings. The Morgan fingerprint density at radius 1 is 1.11 bits per heavy atom. The molecule has 0 saturated heterocycles. The lowest BCUT2D eigenvalue weighted by molar-refractivity contribution is -0.116. The molecule has 4 rings (SSSR count). The van der Waals surface area contributed by atoms with E-state index in [0.717, 1.165) is 18.6 Å². The molecule has 1 aliphatic rings. The van der Waals surface area contributed by atoms with Gasteiger partial charge in [0.05, 0.1) is 18.0 Å². The maximum Gasteiger partial charge on any atom is 0.277 e. The normalized spacial score (nSPS) is 14.3. The van der Waals surface area contributed by atoms with Gasteiger partial charge in [-0.05, 0) is 62.1 Å². The van der Waals surface area contributed by atoms with Gasteiger partial charge in [-0.15, -0.1) is 5.10 Å². The lowest BCUT2D eigenvalue weighted by atomic mass is 10.2. The molecule has 1 amide bonds. The number of nitrogens with zero attached hydrogens (tertiary/aromatic N) is 3. The molecule has 1 N–H and O–H groups in total. The van der Waals surface area contributed by atoms with Crippen LogP contribution in [0.5, 0.6) is 5.75 Å². The molecule has 7 heteroatoms. The highest BCUT2D eigenvalue weighted by Crippen LogP contribution is 2.25. The molecular formula is C21H22N4O3. The van der Waals surface area contributed by atoms with Gasteiger partial charge in [-0.25, -0.2) is 4.68 Å². The van der Waals surface area contributed by atoms with Crippen LogP contribution in [-0.2, 0) is 11.3 Å². The van der Waals surface area contributed by atoms with Crippen LogP contribution in [0.4, 0.5) is 5.69 Å². The van der Waals surface area contributed by atoms with Crippen LogP contribution in [0.2, 0.25) is 0 Å². The minimum atomic E-state index is -0.244. The van der Waals surface area contributed by atoms with Gasteiger partial charge in [-0.2, -0.15) is 0 Å². The number of fused-ring (bicyclic) bond motifs is 1. The third kappa shape index (κ3) is 4.19. The quantitative estimate of drug-likeness (QED) is 0.712. The predicted molar refractivity (Wildman–Crippen MR) is 106 cm³/mol. The molecule has 7 nitrogen and oxygen atoms in total. The van der Waals surface area contributed by atoms with Gasteiger partial charge in [0.2, 0.25) is 5.91 Å². The number of rotatable bonds is 6. The van der Waals surface area contributed by atoms with Crippen molar-refractivity contribution < 1.29 is 9.53 Å². The number of hydrogen-bond acceptors (Lipinski definition) is 5. The minimum Gasteiger partial charge on any atom is -0.490 e. The Hall–Kier alpha value is -3.22. The third-order valence-electron chi connectivity index (χ3n) is 4.92. The standard InChI is InChI=1S/C21H22N4O3/c26-20(13-14-25-21(27)18-7-3-4-8-19(18)23-24-25)22-15-9-11-17(12-10-15)28-16-5-1-2-6-16/h3-4,7-12,16H,1-2,5-6,13-14H2,(H,22,26). The lowest BCUT2D eigenvalue weighted by Gasteiger charge is -2.13. The highest BCUT2D eigenvalue weighted by Gasteiger charge is 2.16. The number of ether oxygens (including phenoxy) is 1. The van der Waals surface area contributed by atoms with E-state index < -0.39 is 0 Å². The van der Waals surface area contributed by atoms with Gasteiger partial charge < -0.3 is 10.1 Å². The maximum atomic E-state index is 12.4. The van der Waals surface area contributed by atoms with Crippen molar-refractivity contribution in [3.05, 3.63) is 58.9 Å². The SMILES string of the molecule is O=C(CCn1nnc2ccccc2c1=O)Nc1ccc(OC2CCCC2)cc1.